The van der Waals surface area contributed by atoms with Crippen LogP contribution in [-0.2, 0) is 11.2 Å². The number of hydrogen-bond donors (Lipinski definition) is 1. The van der Waals surface area contributed by atoms with Gasteiger partial charge in [-0.2, -0.15) is 13.2 Å². The van der Waals surface area contributed by atoms with Gasteiger partial charge in [-0.3, -0.25) is 0 Å². The van der Waals surface area contributed by atoms with Gasteiger partial charge in [0.2, 0.25) is 0 Å². The molecule has 0 aliphatic carbocycles. The average molecular weight is 291 g/mol. The fourth-order valence-corrected chi connectivity index (χ4v) is 1.84. The highest BCUT2D eigenvalue weighted by Gasteiger charge is 2.27. The molecule has 6 heteroatoms. The topological polar surface area (TPSA) is 44.5 Å². The van der Waals surface area contributed by atoms with Crippen LogP contribution in [0.1, 0.15) is 12.0 Å². The van der Waals surface area contributed by atoms with Crippen LogP contribution in [0, 0.1) is 5.92 Å². The van der Waals surface area contributed by atoms with Crippen molar-refractivity contribution in [1.29, 1.82) is 0 Å². The lowest BCUT2D eigenvalue weighted by Crippen LogP contribution is -2.22. The zero-order valence-electron chi connectivity index (χ0n) is 11.5. The summed E-state index contributed by atoms with van der Waals surface area (Å²) in [5.74, 6) is 0.878. The molecule has 1 atom stereocenters. The van der Waals surface area contributed by atoms with Crippen LogP contribution in [0.5, 0.6) is 5.75 Å². The predicted octanol–water partition coefficient (Wildman–Crippen LogP) is 2.78. The number of ether oxygens (including phenoxy) is 2. The molecule has 2 N–H and O–H groups in total. The van der Waals surface area contributed by atoms with Crippen LogP contribution in [0.3, 0.4) is 0 Å². The Morgan fingerprint density at radius 3 is 2.35 bits per heavy atom. The van der Waals surface area contributed by atoms with Gasteiger partial charge >= 0.3 is 6.18 Å². The lowest BCUT2D eigenvalue weighted by atomic mass is 9.96. The highest BCUT2D eigenvalue weighted by molar-refractivity contribution is 5.27. The maximum absolute atomic E-state index is 11.9. The quantitative estimate of drug-likeness (QED) is 0.749. The Kier molecular flexibility index (Phi) is 6.81. The molecule has 20 heavy (non-hydrogen) atoms. The average Bonchev–Trinajstić information content (AvgIpc) is 2.42. The molecule has 0 radical (unpaired) electrons. The summed E-state index contributed by atoms with van der Waals surface area (Å²) in [7, 11) is 1.59. The zero-order chi connectivity index (χ0) is 15.0. The van der Waals surface area contributed by atoms with Crippen LogP contribution >= 0.6 is 0 Å². The molecule has 0 aromatic heterocycles. The second-order valence-corrected chi connectivity index (χ2v) is 4.61. The minimum absolute atomic E-state index is 0.0670. The number of rotatable bonds is 8. The molecule has 0 bridgehead atoms. The third-order valence-electron chi connectivity index (χ3n) is 2.95. The molecule has 0 aliphatic heterocycles. The lowest BCUT2D eigenvalue weighted by Gasteiger charge is -2.15. The van der Waals surface area contributed by atoms with Crippen molar-refractivity contribution in [2.75, 3.05) is 26.9 Å². The van der Waals surface area contributed by atoms with Crippen LogP contribution in [0.15, 0.2) is 24.3 Å². The second kappa shape index (κ2) is 8.11. The van der Waals surface area contributed by atoms with Gasteiger partial charge in [0.25, 0.3) is 0 Å². The van der Waals surface area contributed by atoms with Crippen molar-refractivity contribution in [2.45, 2.75) is 19.0 Å². The molecule has 1 rings (SSSR count). The van der Waals surface area contributed by atoms with Gasteiger partial charge in [0.1, 0.15) is 12.4 Å². The number of alkyl halides is 3. The third kappa shape index (κ3) is 6.77. The highest BCUT2D eigenvalue weighted by atomic mass is 19.4. The lowest BCUT2D eigenvalue weighted by molar-refractivity contribution is -0.174. The van der Waals surface area contributed by atoms with Gasteiger partial charge in [-0.1, -0.05) is 12.1 Å². The second-order valence-electron chi connectivity index (χ2n) is 4.61. The zero-order valence-corrected chi connectivity index (χ0v) is 11.5. The van der Waals surface area contributed by atoms with E-state index in [1.54, 1.807) is 7.11 Å². The summed E-state index contributed by atoms with van der Waals surface area (Å²) >= 11 is 0. The Labute approximate surface area is 116 Å². The summed E-state index contributed by atoms with van der Waals surface area (Å²) in [4.78, 5) is 0. The fraction of sp³-hybridized carbons (Fsp3) is 0.571. The number of hydrogen-bond acceptors (Lipinski definition) is 3. The van der Waals surface area contributed by atoms with Crippen molar-refractivity contribution in [3.8, 4) is 5.75 Å². The molecule has 0 saturated heterocycles. The molecular formula is C14H20F3NO2. The first-order chi connectivity index (χ1) is 9.44. The predicted molar refractivity (Wildman–Crippen MR) is 70.7 cm³/mol. The molecule has 1 aromatic rings. The van der Waals surface area contributed by atoms with E-state index < -0.39 is 12.8 Å². The Bertz CT molecular complexity index is 379. The van der Waals surface area contributed by atoms with Gasteiger partial charge < -0.3 is 15.2 Å². The van der Waals surface area contributed by atoms with E-state index in [9.17, 15) is 13.2 Å². The molecule has 1 unspecified atom stereocenters. The number of nitrogens with two attached hydrogens (primary N) is 1. The van der Waals surface area contributed by atoms with E-state index in [1.807, 2.05) is 24.3 Å². The highest BCUT2D eigenvalue weighted by Crippen LogP contribution is 2.17. The van der Waals surface area contributed by atoms with E-state index in [4.69, 9.17) is 10.5 Å². The van der Waals surface area contributed by atoms with E-state index in [0.29, 0.717) is 13.0 Å². The SMILES string of the molecule is COc1ccc(CC(CN)CCOCC(F)(F)F)cc1. The summed E-state index contributed by atoms with van der Waals surface area (Å²) < 4.78 is 45.4. The molecule has 1 aromatic carbocycles. The van der Waals surface area contributed by atoms with Crippen LogP contribution in [0.25, 0.3) is 0 Å². The van der Waals surface area contributed by atoms with Crippen molar-refractivity contribution in [1.82, 2.24) is 0 Å². The van der Waals surface area contributed by atoms with Crippen LogP contribution in [0.2, 0.25) is 0 Å². The fourth-order valence-electron chi connectivity index (χ4n) is 1.84. The minimum Gasteiger partial charge on any atom is -0.497 e. The Morgan fingerprint density at radius 2 is 1.85 bits per heavy atom. The van der Waals surface area contributed by atoms with Gasteiger partial charge in [-0.05, 0) is 43.0 Å². The Morgan fingerprint density at radius 1 is 1.20 bits per heavy atom. The van der Waals surface area contributed by atoms with Gasteiger partial charge in [-0.15, -0.1) is 0 Å². The van der Waals surface area contributed by atoms with E-state index >= 15 is 0 Å². The Balaban J connectivity index is 2.34. The molecule has 114 valence electrons. The van der Waals surface area contributed by atoms with Crippen molar-refractivity contribution >= 4 is 0 Å². The summed E-state index contributed by atoms with van der Waals surface area (Å²) in [6.45, 7) is -0.717. The Hall–Kier alpha value is -1.27. The number of halogens is 3. The molecular weight excluding hydrogens is 271 g/mol. The minimum atomic E-state index is -4.27. The van der Waals surface area contributed by atoms with Crippen LogP contribution < -0.4 is 10.5 Å². The molecule has 0 spiro atoms. The summed E-state index contributed by atoms with van der Waals surface area (Å²) in [6.07, 6.45) is -3.04. The first kappa shape index (κ1) is 16.8. The standard InChI is InChI=1S/C14H20F3NO2/c1-19-13-4-2-11(3-5-13)8-12(9-18)6-7-20-10-14(15,16)17/h2-5,12H,6-10,18H2,1H3. The smallest absolute Gasteiger partial charge is 0.411 e. The third-order valence-corrected chi connectivity index (χ3v) is 2.95. The maximum Gasteiger partial charge on any atom is 0.411 e. The molecule has 3 nitrogen and oxygen atoms in total. The molecule has 0 saturated carbocycles. The van der Waals surface area contributed by atoms with Gasteiger partial charge in [0.05, 0.1) is 7.11 Å². The summed E-state index contributed by atoms with van der Waals surface area (Å²) in [5.41, 5.74) is 6.72. The van der Waals surface area contributed by atoms with E-state index in [-0.39, 0.29) is 12.5 Å². The van der Waals surface area contributed by atoms with E-state index in [0.717, 1.165) is 17.7 Å². The molecule has 0 fully saturated rings. The van der Waals surface area contributed by atoms with Gasteiger partial charge in [-0.25, -0.2) is 0 Å². The van der Waals surface area contributed by atoms with Crippen molar-refractivity contribution in [3.63, 3.8) is 0 Å². The van der Waals surface area contributed by atoms with Gasteiger partial charge in [0, 0.05) is 6.61 Å². The largest absolute Gasteiger partial charge is 0.497 e. The van der Waals surface area contributed by atoms with Crippen LogP contribution in [-0.4, -0.2) is 33.0 Å². The first-order valence-corrected chi connectivity index (χ1v) is 6.42. The molecule has 0 heterocycles. The van der Waals surface area contributed by atoms with Gasteiger partial charge in [0.15, 0.2) is 0 Å². The normalized spacial score (nSPS) is 13.2. The van der Waals surface area contributed by atoms with Crippen molar-refractivity contribution in [3.05, 3.63) is 29.8 Å². The summed E-state index contributed by atoms with van der Waals surface area (Å²) in [5, 5.41) is 0. The first-order valence-electron chi connectivity index (χ1n) is 6.42. The molecule has 0 amide bonds. The maximum atomic E-state index is 11.9. The number of methoxy groups -OCH3 is 1. The summed E-state index contributed by atoms with van der Waals surface area (Å²) in [6, 6.07) is 7.56. The van der Waals surface area contributed by atoms with Crippen molar-refractivity contribution < 1.29 is 22.6 Å². The van der Waals surface area contributed by atoms with Crippen LogP contribution in [0.4, 0.5) is 13.2 Å². The van der Waals surface area contributed by atoms with Crippen molar-refractivity contribution in [2.24, 2.45) is 11.7 Å². The van der Waals surface area contributed by atoms with E-state index in [1.165, 1.54) is 0 Å². The van der Waals surface area contributed by atoms with E-state index in [2.05, 4.69) is 4.74 Å². The number of benzene rings is 1. The molecule has 0 aliphatic rings. The monoisotopic (exact) mass is 291 g/mol.